The Morgan fingerprint density at radius 2 is 2.31 bits per heavy atom. The van der Waals surface area contributed by atoms with Crippen molar-refractivity contribution < 1.29 is 0 Å². The minimum atomic E-state index is 0.517. The monoisotopic (exact) mass is 212 g/mol. The van der Waals surface area contributed by atoms with Crippen molar-refractivity contribution in [3.8, 4) is 0 Å². The van der Waals surface area contributed by atoms with E-state index in [1.807, 2.05) is 12.3 Å². The van der Waals surface area contributed by atoms with Crippen molar-refractivity contribution in [3.05, 3.63) is 21.9 Å². The first-order chi connectivity index (χ1) is 6.24. The molecule has 0 aromatic carbocycles. The molecule has 0 saturated carbocycles. The molecular weight excluding hydrogens is 204 g/mol. The summed E-state index contributed by atoms with van der Waals surface area (Å²) in [6.45, 7) is 1.98. The largest absolute Gasteiger partial charge is 0.374 e. The quantitative estimate of drug-likeness (QED) is 0.818. The van der Waals surface area contributed by atoms with Crippen LogP contribution in [0.25, 0.3) is 0 Å². The maximum absolute atomic E-state index is 5.47. The number of thiazole rings is 1. The highest BCUT2D eigenvalue weighted by Crippen LogP contribution is 2.14. The number of aryl methyl sites for hydroxylation is 1. The normalized spacial score (nSPS) is 10.5. The lowest BCUT2D eigenvalue weighted by atomic mass is 10.4. The maximum Gasteiger partial charge on any atom is 0.199 e. The van der Waals surface area contributed by atoms with Crippen molar-refractivity contribution in [1.82, 2.24) is 14.3 Å². The topological polar surface area (TPSA) is 64.7 Å². The predicted molar refractivity (Wildman–Crippen MR) is 54.0 cm³/mol. The van der Waals surface area contributed by atoms with Crippen molar-refractivity contribution in [2.24, 2.45) is 0 Å². The number of hydrogen-bond acceptors (Lipinski definition) is 6. The summed E-state index contributed by atoms with van der Waals surface area (Å²) < 4.78 is 4.09. The standard InChI is InChI=1S/C7H8N4S2/c1-4-3-12-6(9-4)2-5-10-7(8)13-11-5/h3H,2H2,1H3,(H2,8,10,11). The number of aromatic nitrogens is 3. The maximum atomic E-state index is 5.47. The van der Waals surface area contributed by atoms with Gasteiger partial charge in [0.25, 0.3) is 0 Å². The van der Waals surface area contributed by atoms with Crippen LogP contribution in [-0.2, 0) is 6.42 Å². The molecule has 2 aromatic heterocycles. The van der Waals surface area contributed by atoms with Gasteiger partial charge in [-0.05, 0) is 6.92 Å². The molecule has 0 amide bonds. The summed E-state index contributed by atoms with van der Waals surface area (Å²) in [5.74, 6) is 0.761. The lowest BCUT2D eigenvalue weighted by Gasteiger charge is -1.87. The minimum Gasteiger partial charge on any atom is -0.374 e. The van der Waals surface area contributed by atoms with Gasteiger partial charge in [-0.1, -0.05) is 0 Å². The highest BCUT2D eigenvalue weighted by molar-refractivity contribution is 7.10. The van der Waals surface area contributed by atoms with Crippen molar-refractivity contribution in [2.75, 3.05) is 5.73 Å². The van der Waals surface area contributed by atoms with Gasteiger partial charge in [0.2, 0.25) is 0 Å². The van der Waals surface area contributed by atoms with E-state index in [0.717, 1.165) is 16.5 Å². The molecule has 4 nitrogen and oxygen atoms in total. The molecule has 0 aliphatic heterocycles. The van der Waals surface area contributed by atoms with Crippen LogP contribution >= 0.6 is 22.9 Å². The average molecular weight is 212 g/mol. The van der Waals surface area contributed by atoms with Crippen molar-refractivity contribution in [1.29, 1.82) is 0 Å². The molecule has 2 N–H and O–H groups in total. The van der Waals surface area contributed by atoms with Gasteiger partial charge in [-0.2, -0.15) is 4.37 Å². The molecular formula is C7H8N4S2. The van der Waals surface area contributed by atoms with Crippen LogP contribution in [0.4, 0.5) is 5.13 Å². The summed E-state index contributed by atoms with van der Waals surface area (Å²) in [7, 11) is 0. The molecule has 2 aromatic rings. The number of nitrogens with zero attached hydrogens (tertiary/aromatic N) is 3. The van der Waals surface area contributed by atoms with Gasteiger partial charge in [0.05, 0.1) is 6.42 Å². The van der Waals surface area contributed by atoms with E-state index < -0.39 is 0 Å². The van der Waals surface area contributed by atoms with E-state index in [4.69, 9.17) is 5.73 Å². The molecule has 0 aliphatic rings. The first-order valence-corrected chi connectivity index (χ1v) is 5.38. The third-order valence-corrected chi connectivity index (χ3v) is 3.01. The van der Waals surface area contributed by atoms with Crippen LogP contribution in [-0.4, -0.2) is 14.3 Å². The molecule has 2 rings (SSSR count). The van der Waals surface area contributed by atoms with E-state index in [9.17, 15) is 0 Å². The van der Waals surface area contributed by atoms with E-state index in [-0.39, 0.29) is 0 Å². The van der Waals surface area contributed by atoms with E-state index in [1.165, 1.54) is 11.5 Å². The Morgan fingerprint density at radius 3 is 2.85 bits per heavy atom. The number of anilines is 1. The second-order valence-corrected chi connectivity index (χ2v) is 4.33. The molecule has 0 atom stereocenters. The molecule has 0 radical (unpaired) electrons. The second-order valence-electron chi connectivity index (χ2n) is 2.61. The summed E-state index contributed by atoms with van der Waals surface area (Å²) in [5, 5.41) is 3.57. The van der Waals surface area contributed by atoms with Crippen LogP contribution in [0.2, 0.25) is 0 Å². The van der Waals surface area contributed by atoms with Gasteiger partial charge < -0.3 is 5.73 Å². The van der Waals surface area contributed by atoms with Crippen molar-refractivity contribution in [3.63, 3.8) is 0 Å². The first-order valence-electron chi connectivity index (χ1n) is 3.73. The van der Waals surface area contributed by atoms with Crippen molar-refractivity contribution >= 4 is 28.0 Å². The van der Waals surface area contributed by atoms with Crippen LogP contribution in [0, 0.1) is 6.92 Å². The van der Waals surface area contributed by atoms with E-state index >= 15 is 0 Å². The molecule has 0 spiro atoms. The van der Waals surface area contributed by atoms with Crippen LogP contribution in [0.5, 0.6) is 0 Å². The highest BCUT2D eigenvalue weighted by Gasteiger charge is 2.05. The van der Waals surface area contributed by atoms with Gasteiger partial charge in [0, 0.05) is 22.6 Å². The molecule has 68 valence electrons. The van der Waals surface area contributed by atoms with Gasteiger partial charge in [-0.15, -0.1) is 11.3 Å². The van der Waals surface area contributed by atoms with Gasteiger partial charge in [0.1, 0.15) is 5.01 Å². The summed E-state index contributed by atoms with van der Waals surface area (Å²) in [4.78, 5) is 8.38. The van der Waals surface area contributed by atoms with Gasteiger partial charge in [0.15, 0.2) is 11.0 Å². The van der Waals surface area contributed by atoms with Crippen molar-refractivity contribution in [2.45, 2.75) is 13.3 Å². The fourth-order valence-corrected chi connectivity index (χ4v) is 2.18. The van der Waals surface area contributed by atoms with Gasteiger partial charge >= 0.3 is 0 Å². The zero-order valence-electron chi connectivity index (χ0n) is 7.02. The number of rotatable bonds is 2. The average Bonchev–Trinajstić information content (AvgIpc) is 2.62. The molecule has 2 heterocycles. The minimum absolute atomic E-state index is 0.517. The number of nitrogens with two attached hydrogens (primary N) is 1. The van der Waals surface area contributed by atoms with Crippen LogP contribution < -0.4 is 5.73 Å². The van der Waals surface area contributed by atoms with Crippen LogP contribution in [0.3, 0.4) is 0 Å². The molecule has 0 unspecified atom stereocenters. The molecule has 13 heavy (non-hydrogen) atoms. The van der Waals surface area contributed by atoms with Crippen LogP contribution in [0.15, 0.2) is 5.38 Å². The number of hydrogen-bond donors (Lipinski definition) is 1. The lowest BCUT2D eigenvalue weighted by molar-refractivity contribution is 1.01. The van der Waals surface area contributed by atoms with Crippen LogP contribution in [0.1, 0.15) is 16.5 Å². The summed E-state index contributed by atoms with van der Waals surface area (Å²) in [6.07, 6.45) is 0.687. The highest BCUT2D eigenvalue weighted by atomic mass is 32.1. The fourth-order valence-electron chi connectivity index (χ4n) is 0.958. The third-order valence-electron chi connectivity index (χ3n) is 1.46. The third kappa shape index (κ3) is 2.02. The summed E-state index contributed by atoms with van der Waals surface area (Å²) in [6, 6.07) is 0. The Morgan fingerprint density at radius 1 is 1.46 bits per heavy atom. The SMILES string of the molecule is Cc1csc(Cc2nsc(N)n2)n1. The molecule has 0 fully saturated rings. The molecule has 0 saturated heterocycles. The van der Waals surface area contributed by atoms with Gasteiger partial charge in [-0.25, -0.2) is 9.97 Å². The van der Waals surface area contributed by atoms with E-state index in [0.29, 0.717) is 11.6 Å². The predicted octanol–water partition coefficient (Wildman–Crippen LogP) is 1.48. The molecule has 6 heteroatoms. The Bertz CT molecular complexity index is 368. The molecule has 0 bridgehead atoms. The zero-order valence-corrected chi connectivity index (χ0v) is 8.65. The van der Waals surface area contributed by atoms with Gasteiger partial charge in [-0.3, -0.25) is 0 Å². The first kappa shape index (κ1) is 8.58. The lowest BCUT2D eigenvalue weighted by Crippen LogP contribution is -1.91. The second kappa shape index (κ2) is 3.39. The summed E-state index contributed by atoms with van der Waals surface area (Å²) in [5.41, 5.74) is 6.51. The summed E-state index contributed by atoms with van der Waals surface area (Å²) >= 11 is 2.85. The number of nitrogen functional groups attached to an aromatic ring is 1. The Labute approximate surface area is 83.6 Å². The smallest absolute Gasteiger partial charge is 0.199 e. The zero-order chi connectivity index (χ0) is 9.26. The Balaban J connectivity index is 2.14. The fraction of sp³-hybridized carbons (Fsp3) is 0.286. The van der Waals surface area contributed by atoms with E-state index in [2.05, 4.69) is 14.3 Å². The Hall–Kier alpha value is -1.01. The van der Waals surface area contributed by atoms with E-state index in [1.54, 1.807) is 11.3 Å². The molecule has 0 aliphatic carbocycles. The Kier molecular flexibility index (Phi) is 2.24.